The fourth-order valence-electron chi connectivity index (χ4n) is 3.36. The normalized spacial score (nSPS) is 31.3. The molecule has 1 saturated heterocycles. The Balaban J connectivity index is 1.61. The quantitative estimate of drug-likeness (QED) is 0.772. The fraction of sp³-hybridized carbons (Fsp3) is 0.933. The van der Waals surface area contributed by atoms with Crippen molar-refractivity contribution in [2.24, 2.45) is 17.6 Å². The topological polar surface area (TPSA) is 64.3 Å². The van der Waals surface area contributed by atoms with Gasteiger partial charge in [0, 0.05) is 19.6 Å². The molecule has 1 amide bonds. The summed E-state index contributed by atoms with van der Waals surface area (Å²) in [5, 5.41) is 3.09. The molecular formula is C15H28N2O2. The summed E-state index contributed by atoms with van der Waals surface area (Å²) in [5.74, 6) is 1.37. The molecule has 0 bridgehead atoms. The third-order valence-corrected chi connectivity index (χ3v) is 4.65. The molecule has 0 aromatic heterocycles. The van der Waals surface area contributed by atoms with Gasteiger partial charge in [-0.3, -0.25) is 4.79 Å². The van der Waals surface area contributed by atoms with E-state index in [2.05, 4.69) is 5.32 Å². The molecule has 0 aromatic rings. The summed E-state index contributed by atoms with van der Waals surface area (Å²) in [5.41, 5.74) is 5.81. The number of nitrogens with two attached hydrogens (primary N) is 1. The zero-order valence-corrected chi connectivity index (χ0v) is 11.9. The van der Waals surface area contributed by atoms with Gasteiger partial charge >= 0.3 is 0 Å². The number of ether oxygens (including phenoxy) is 1. The Hall–Kier alpha value is -0.610. The van der Waals surface area contributed by atoms with Crippen molar-refractivity contribution in [3.05, 3.63) is 0 Å². The highest BCUT2D eigenvalue weighted by Crippen LogP contribution is 2.28. The van der Waals surface area contributed by atoms with E-state index in [0.717, 1.165) is 39.0 Å². The molecule has 0 radical (unpaired) electrons. The van der Waals surface area contributed by atoms with E-state index in [0.29, 0.717) is 24.4 Å². The van der Waals surface area contributed by atoms with Crippen LogP contribution in [0.25, 0.3) is 0 Å². The average molecular weight is 268 g/mol. The van der Waals surface area contributed by atoms with Crippen molar-refractivity contribution >= 4 is 5.91 Å². The number of nitrogens with one attached hydrogen (secondary N) is 1. The smallest absolute Gasteiger partial charge is 0.220 e. The minimum Gasteiger partial charge on any atom is -0.378 e. The molecule has 3 N–H and O–H groups in total. The van der Waals surface area contributed by atoms with Crippen molar-refractivity contribution in [3.8, 4) is 0 Å². The largest absolute Gasteiger partial charge is 0.378 e. The first kappa shape index (κ1) is 14.8. The van der Waals surface area contributed by atoms with Gasteiger partial charge in [-0.2, -0.15) is 0 Å². The SMILES string of the molecule is NCC1CCCCC1CNC(=O)CCC1CCCO1. The number of hydrogen-bond acceptors (Lipinski definition) is 3. The van der Waals surface area contributed by atoms with Gasteiger partial charge in [0.05, 0.1) is 6.10 Å². The summed E-state index contributed by atoms with van der Waals surface area (Å²) in [6.07, 6.45) is 9.08. The van der Waals surface area contributed by atoms with E-state index in [9.17, 15) is 4.79 Å². The van der Waals surface area contributed by atoms with Crippen LogP contribution in [-0.4, -0.2) is 31.7 Å². The van der Waals surface area contributed by atoms with E-state index in [1.807, 2.05) is 0 Å². The van der Waals surface area contributed by atoms with Gasteiger partial charge in [0.15, 0.2) is 0 Å². The zero-order valence-electron chi connectivity index (χ0n) is 11.9. The summed E-state index contributed by atoms with van der Waals surface area (Å²) in [7, 11) is 0. The first-order valence-corrected chi connectivity index (χ1v) is 7.88. The summed E-state index contributed by atoms with van der Waals surface area (Å²) in [6.45, 7) is 2.44. The molecule has 1 aliphatic heterocycles. The van der Waals surface area contributed by atoms with Crippen LogP contribution in [0.1, 0.15) is 51.4 Å². The number of carbonyl (C=O) groups excluding carboxylic acids is 1. The number of amides is 1. The lowest BCUT2D eigenvalue weighted by molar-refractivity contribution is -0.122. The second kappa shape index (κ2) is 7.85. The Kier molecular flexibility index (Phi) is 6.11. The minimum absolute atomic E-state index is 0.178. The van der Waals surface area contributed by atoms with Gasteiger partial charge in [0.2, 0.25) is 5.91 Å². The van der Waals surface area contributed by atoms with Gasteiger partial charge in [0.25, 0.3) is 0 Å². The van der Waals surface area contributed by atoms with E-state index in [1.165, 1.54) is 25.7 Å². The zero-order chi connectivity index (χ0) is 13.5. The lowest BCUT2D eigenvalue weighted by Gasteiger charge is -2.30. The van der Waals surface area contributed by atoms with Crippen molar-refractivity contribution in [1.82, 2.24) is 5.32 Å². The van der Waals surface area contributed by atoms with Crippen LogP contribution in [0.2, 0.25) is 0 Å². The Morgan fingerprint density at radius 3 is 2.63 bits per heavy atom. The number of hydrogen-bond donors (Lipinski definition) is 2. The molecule has 19 heavy (non-hydrogen) atoms. The van der Waals surface area contributed by atoms with Gasteiger partial charge in [-0.15, -0.1) is 0 Å². The van der Waals surface area contributed by atoms with Crippen molar-refractivity contribution < 1.29 is 9.53 Å². The van der Waals surface area contributed by atoms with Gasteiger partial charge in [-0.05, 0) is 50.5 Å². The van der Waals surface area contributed by atoms with Crippen LogP contribution < -0.4 is 11.1 Å². The molecule has 3 atom stereocenters. The molecule has 2 aliphatic rings. The van der Waals surface area contributed by atoms with Crippen LogP contribution >= 0.6 is 0 Å². The van der Waals surface area contributed by atoms with E-state index >= 15 is 0 Å². The average Bonchev–Trinajstić information content (AvgIpc) is 2.96. The molecule has 110 valence electrons. The van der Waals surface area contributed by atoms with Crippen molar-refractivity contribution in [2.75, 3.05) is 19.7 Å². The highest BCUT2D eigenvalue weighted by molar-refractivity contribution is 5.75. The summed E-state index contributed by atoms with van der Waals surface area (Å²) >= 11 is 0. The molecule has 4 nitrogen and oxygen atoms in total. The van der Waals surface area contributed by atoms with Crippen molar-refractivity contribution in [2.45, 2.75) is 57.5 Å². The number of carbonyl (C=O) groups is 1. The maximum absolute atomic E-state index is 11.8. The monoisotopic (exact) mass is 268 g/mol. The first-order chi connectivity index (χ1) is 9.29. The molecule has 3 unspecified atom stereocenters. The standard InChI is InChI=1S/C15H28N2O2/c16-10-12-4-1-2-5-13(12)11-17-15(18)8-7-14-6-3-9-19-14/h12-14H,1-11,16H2,(H,17,18). The van der Waals surface area contributed by atoms with Gasteiger partial charge in [0.1, 0.15) is 0 Å². The van der Waals surface area contributed by atoms with E-state index in [4.69, 9.17) is 10.5 Å². The summed E-state index contributed by atoms with van der Waals surface area (Å²) in [6, 6.07) is 0. The minimum atomic E-state index is 0.178. The van der Waals surface area contributed by atoms with Crippen LogP contribution in [0.4, 0.5) is 0 Å². The Morgan fingerprint density at radius 2 is 1.95 bits per heavy atom. The van der Waals surface area contributed by atoms with E-state index in [-0.39, 0.29) is 5.91 Å². The highest BCUT2D eigenvalue weighted by Gasteiger charge is 2.24. The van der Waals surface area contributed by atoms with Gasteiger partial charge in [-0.25, -0.2) is 0 Å². The molecule has 4 heteroatoms. The van der Waals surface area contributed by atoms with Crippen LogP contribution in [0, 0.1) is 11.8 Å². The predicted octanol–water partition coefficient (Wildman–Crippen LogP) is 1.83. The first-order valence-electron chi connectivity index (χ1n) is 7.88. The molecule has 2 fully saturated rings. The van der Waals surface area contributed by atoms with Crippen LogP contribution in [0.15, 0.2) is 0 Å². The lowest BCUT2D eigenvalue weighted by Crippen LogP contribution is -2.37. The van der Waals surface area contributed by atoms with Crippen LogP contribution in [0.5, 0.6) is 0 Å². The predicted molar refractivity (Wildman–Crippen MR) is 75.7 cm³/mol. The van der Waals surface area contributed by atoms with E-state index < -0.39 is 0 Å². The third kappa shape index (κ3) is 4.77. The number of rotatable bonds is 6. The van der Waals surface area contributed by atoms with Gasteiger partial charge in [-0.1, -0.05) is 12.8 Å². The molecule has 1 aliphatic carbocycles. The molecule has 1 heterocycles. The Morgan fingerprint density at radius 1 is 1.16 bits per heavy atom. The van der Waals surface area contributed by atoms with Gasteiger partial charge < -0.3 is 15.8 Å². The molecule has 0 spiro atoms. The van der Waals surface area contributed by atoms with Crippen molar-refractivity contribution in [3.63, 3.8) is 0 Å². The maximum atomic E-state index is 11.8. The maximum Gasteiger partial charge on any atom is 0.220 e. The van der Waals surface area contributed by atoms with Crippen molar-refractivity contribution in [1.29, 1.82) is 0 Å². The van der Waals surface area contributed by atoms with Crippen LogP contribution in [-0.2, 0) is 9.53 Å². The second-order valence-electron chi connectivity index (χ2n) is 6.02. The Labute approximate surface area is 116 Å². The van der Waals surface area contributed by atoms with Crippen LogP contribution in [0.3, 0.4) is 0 Å². The molecular weight excluding hydrogens is 240 g/mol. The second-order valence-corrected chi connectivity index (χ2v) is 6.02. The third-order valence-electron chi connectivity index (χ3n) is 4.65. The summed E-state index contributed by atoms with van der Waals surface area (Å²) < 4.78 is 5.54. The summed E-state index contributed by atoms with van der Waals surface area (Å²) in [4.78, 5) is 11.8. The highest BCUT2D eigenvalue weighted by atomic mass is 16.5. The Bertz CT molecular complexity index is 277. The fourth-order valence-corrected chi connectivity index (χ4v) is 3.36. The lowest BCUT2D eigenvalue weighted by atomic mass is 9.79. The molecule has 0 aromatic carbocycles. The molecule has 1 saturated carbocycles. The van der Waals surface area contributed by atoms with E-state index in [1.54, 1.807) is 0 Å². The molecule has 2 rings (SSSR count).